The van der Waals surface area contributed by atoms with Gasteiger partial charge in [0.2, 0.25) is 0 Å². The van der Waals surface area contributed by atoms with Crippen LogP contribution in [0, 0.1) is 17.1 Å². The second-order valence-electron chi connectivity index (χ2n) is 3.72. The van der Waals surface area contributed by atoms with E-state index in [1.54, 1.807) is 16.9 Å². The molecule has 1 heterocycles. The number of hydrogen-bond acceptors (Lipinski definition) is 3. The highest BCUT2D eigenvalue weighted by Gasteiger charge is 2.01. The van der Waals surface area contributed by atoms with Crippen LogP contribution in [0.2, 0.25) is 0 Å². The minimum Gasteiger partial charge on any atom is -0.381 e. The van der Waals surface area contributed by atoms with Crippen LogP contribution in [-0.4, -0.2) is 9.78 Å². The van der Waals surface area contributed by atoms with Gasteiger partial charge in [-0.15, -0.1) is 0 Å². The second kappa shape index (κ2) is 4.66. The summed E-state index contributed by atoms with van der Waals surface area (Å²) in [5, 5.41) is 15.8. The Hall–Kier alpha value is -2.35. The van der Waals surface area contributed by atoms with E-state index in [4.69, 9.17) is 5.26 Å². The van der Waals surface area contributed by atoms with Gasteiger partial charge in [-0.25, -0.2) is 4.39 Å². The first-order valence-corrected chi connectivity index (χ1v) is 5.09. The van der Waals surface area contributed by atoms with Gasteiger partial charge >= 0.3 is 0 Å². The fourth-order valence-electron chi connectivity index (χ4n) is 1.52. The molecule has 0 saturated carbocycles. The van der Waals surface area contributed by atoms with Crippen LogP contribution in [0.4, 0.5) is 10.1 Å². The Morgan fingerprint density at radius 1 is 1.47 bits per heavy atom. The lowest BCUT2D eigenvalue weighted by Crippen LogP contribution is -1.99. The number of aromatic nitrogens is 2. The molecule has 1 N–H and O–H groups in total. The molecule has 0 saturated heterocycles. The van der Waals surface area contributed by atoms with E-state index in [0.29, 0.717) is 17.8 Å². The van der Waals surface area contributed by atoms with E-state index < -0.39 is 5.82 Å². The number of benzene rings is 1. The zero-order valence-corrected chi connectivity index (χ0v) is 9.31. The Morgan fingerprint density at radius 3 is 2.94 bits per heavy atom. The molecule has 2 rings (SSSR count). The third-order valence-electron chi connectivity index (χ3n) is 2.28. The standard InChI is InChI=1S/C12H11FN4/c1-17-8-10(7-16-17)6-15-12-3-9(5-14)2-11(13)4-12/h2-4,7-8,15H,6H2,1H3. The maximum Gasteiger partial charge on any atom is 0.126 e. The number of nitrogens with one attached hydrogen (secondary N) is 1. The Bertz CT molecular complexity index is 568. The largest absolute Gasteiger partial charge is 0.381 e. The molecule has 2 aromatic rings. The highest BCUT2D eigenvalue weighted by molar-refractivity contribution is 5.49. The molecule has 0 atom stereocenters. The van der Waals surface area contributed by atoms with E-state index in [2.05, 4.69) is 10.4 Å². The summed E-state index contributed by atoms with van der Waals surface area (Å²) in [6, 6.07) is 6.09. The van der Waals surface area contributed by atoms with Crippen molar-refractivity contribution in [1.82, 2.24) is 9.78 Å². The first kappa shape index (κ1) is 11.1. The predicted octanol–water partition coefficient (Wildman–Crippen LogP) is 2.04. The highest BCUT2D eigenvalue weighted by atomic mass is 19.1. The summed E-state index contributed by atoms with van der Waals surface area (Å²) in [7, 11) is 1.83. The van der Waals surface area contributed by atoms with Gasteiger partial charge in [0.05, 0.1) is 17.8 Å². The summed E-state index contributed by atoms with van der Waals surface area (Å²) in [5.41, 5.74) is 1.89. The van der Waals surface area contributed by atoms with E-state index in [9.17, 15) is 4.39 Å². The predicted molar refractivity (Wildman–Crippen MR) is 61.6 cm³/mol. The number of nitrogens with zero attached hydrogens (tertiary/aromatic N) is 3. The summed E-state index contributed by atoms with van der Waals surface area (Å²) in [6.07, 6.45) is 3.61. The van der Waals surface area contributed by atoms with E-state index in [1.807, 2.05) is 19.3 Å². The molecule has 0 spiro atoms. The fourth-order valence-corrected chi connectivity index (χ4v) is 1.52. The van der Waals surface area contributed by atoms with Gasteiger partial charge in [-0.1, -0.05) is 0 Å². The van der Waals surface area contributed by atoms with Crippen molar-refractivity contribution < 1.29 is 4.39 Å². The maximum atomic E-state index is 13.1. The Labute approximate surface area is 98.3 Å². The molecule has 4 nitrogen and oxygen atoms in total. The average molecular weight is 230 g/mol. The zero-order valence-electron chi connectivity index (χ0n) is 9.31. The number of hydrogen-bond donors (Lipinski definition) is 1. The van der Waals surface area contributed by atoms with Crippen molar-refractivity contribution in [3.63, 3.8) is 0 Å². The molecule has 0 bridgehead atoms. The quantitative estimate of drug-likeness (QED) is 0.877. The van der Waals surface area contributed by atoms with Crippen LogP contribution in [0.5, 0.6) is 0 Å². The van der Waals surface area contributed by atoms with Gasteiger partial charge in [0, 0.05) is 31.0 Å². The van der Waals surface area contributed by atoms with Crippen molar-refractivity contribution in [2.75, 3.05) is 5.32 Å². The van der Waals surface area contributed by atoms with Crippen LogP contribution in [0.15, 0.2) is 30.6 Å². The monoisotopic (exact) mass is 230 g/mol. The molecule has 1 aromatic carbocycles. The van der Waals surface area contributed by atoms with Gasteiger partial charge in [-0.3, -0.25) is 4.68 Å². The third-order valence-corrected chi connectivity index (χ3v) is 2.28. The van der Waals surface area contributed by atoms with Crippen molar-refractivity contribution in [3.05, 3.63) is 47.5 Å². The molecule has 0 amide bonds. The number of aryl methyl sites for hydroxylation is 1. The van der Waals surface area contributed by atoms with Gasteiger partial charge < -0.3 is 5.32 Å². The van der Waals surface area contributed by atoms with Crippen LogP contribution in [0.1, 0.15) is 11.1 Å². The summed E-state index contributed by atoms with van der Waals surface area (Å²) in [4.78, 5) is 0. The normalized spacial score (nSPS) is 9.94. The smallest absolute Gasteiger partial charge is 0.126 e. The van der Waals surface area contributed by atoms with E-state index in [0.717, 1.165) is 5.56 Å². The number of halogens is 1. The maximum absolute atomic E-state index is 13.1. The number of rotatable bonds is 3. The lowest BCUT2D eigenvalue weighted by atomic mass is 10.2. The van der Waals surface area contributed by atoms with Gasteiger partial charge in [0.15, 0.2) is 0 Å². The lowest BCUT2D eigenvalue weighted by Gasteiger charge is -2.05. The molecule has 0 unspecified atom stereocenters. The minimum absolute atomic E-state index is 0.304. The Morgan fingerprint density at radius 2 is 2.29 bits per heavy atom. The topological polar surface area (TPSA) is 53.6 Å². The summed E-state index contributed by atoms with van der Waals surface area (Å²) >= 11 is 0. The van der Waals surface area contributed by atoms with E-state index in [-0.39, 0.29) is 0 Å². The van der Waals surface area contributed by atoms with Crippen molar-refractivity contribution in [3.8, 4) is 6.07 Å². The van der Waals surface area contributed by atoms with Crippen LogP contribution in [0.25, 0.3) is 0 Å². The fraction of sp³-hybridized carbons (Fsp3) is 0.167. The highest BCUT2D eigenvalue weighted by Crippen LogP contribution is 2.14. The molecule has 0 aliphatic rings. The summed E-state index contributed by atoms with van der Waals surface area (Å²) < 4.78 is 14.8. The van der Waals surface area contributed by atoms with Crippen LogP contribution in [-0.2, 0) is 13.6 Å². The molecule has 0 radical (unpaired) electrons. The van der Waals surface area contributed by atoms with Crippen LogP contribution in [0.3, 0.4) is 0 Å². The van der Waals surface area contributed by atoms with Crippen molar-refractivity contribution in [2.45, 2.75) is 6.54 Å². The Kier molecular flexibility index (Phi) is 3.06. The first-order valence-electron chi connectivity index (χ1n) is 5.09. The molecule has 86 valence electrons. The van der Waals surface area contributed by atoms with Gasteiger partial charge in [-0.05, 0) is 18.2 Å². The average Bonchev–Trinajstić information content (AvgIpc) is 2.72. The van der Waals surface area contributed by atoms with Crippen LogP contribution < -0.4 is 5.32 Å². The molecule has 0 fully saturated rings. The first-order chi connectivity index (χ1) is 8.17. The third kappa shape index (κ3) is 2.82. The van der Waals surface area contributed by atoms with Crippen molar-refractivity contribution in [1.29, 1.82) is 5.26 Å². The summed E-state index contributed by atoms with van der Waals surface area (Å²) in [5.74, 6) is -0.419. The lowest BCUT2D eigenvalue weighted by molar-refractivity contribution is 0.627. The molecule has 5 heteroatoms. The minimum atomic E-state index is -0.419. The summed E-state index contributed by atoms with van der Waals surface area (Å²) in [6.45, 7) is 0.544. The second-order valence-corrected chi connectivity index (χ2v) is 3.72. The molecular formula is C12H11FN4. The molecule has 1 aromatic heterocycles. The van der Waals surface area contributed by atoms with Gasteiger partial charge in [-0.2, -0.15) is 10.4 Å². The molecular weight excluding hydrogens is 219 g/mol. The van der Waals surface area contributed by atoms with Crippen LogP contribution >= 0.6 is 0 Å². The SMILES string of the molecule is Cn1cc(CNc2cc(F)cc(C#N)c2)cn1. The molecule has 17 heavy (non-hydrogen) atoms. The zero-order chi connectivity index (χ0) is 12.3. The van der Waals surface area contributed by atoms with Gasteiger partial charge in [0.25, 0.3) is 0 Å². The van der Waals surface area contributed by atoms with E-state index in [1.165, 1.54) is 12.1 Å². The number of nitriles is 1. The van der Waals surface area contributed by atoms with Crippen molar-refractivity contribution in [2.24, 2.45) is 7.05 Å². The van der Waals surface area contributed by atoms with Gasteiger partial charge in [0.1, 0.15) is 5.82 Å². The van der Waals surface area contributed by atoms with E-state index >= 15 is 0 Å². The molecule has 0 aliphatic carbocycles. The van der Waals surface area contributed by atoms with Crippen molar-refractivity contribution >= 4 is 5.69 Å². The number of anilines is 1. The molecule has 0 aliphatic heterocycles. The Balaban J connectivity index is 2.09.